The molecule has 0 aromatic carbocycles. The molecule has 0 aliphatic carbocycles. The average molecular weight is 251 g/mol. The van der Waals surface area contributed by atoms with Crippen molar-refractivity contribution in [1.29, 1.82) is 0 Å². The Morgan fingerprint density at radius 1 is 1.61 bits per heavy atom. The zero-order valence-electron chi connectivity index (χ0n) is 10.4. The van der Waals surface area contributed by atoms with Crippen molar-refractivity contribution in [3.63, 3.8) is 0 Å². The molecule has 1 unspecified atom stereocenters. The van der Waals surface area contributed by atoms with E-state index in [4.69, 9.17) is 4.74 Å². The molecule has 1 aliphatic heterocycles. The molecule has 0 bridgehead atoms. The van der Waals surface area contributed by atoms with Crippen molar-refractivity contribution in [3.05, 3.63) is 27.9 Å². The van der Waals surface area contributed by atoms with Crippen LogP contribution < -0.4 is 5.32 Å². The average Bonchev–Trinajstić information content (AvgIpc) is 2.37. The molecule has 1 aromatic rings. The summed E-state index contributed by atoms with van der Waals surface area (Å²) in [7, 11) is 0. The maximum atomic E-state index is 11.0. The number of aromatic nitrogens is 1. The molecular formula is C12H17N3O3. The van der Waals surface area contributed by atoms with Gasteiger partial charge in [0, 0.05) is 24.9 Å². The Morgan fingerprint density at radius 3 is 3.11 bits per heavy atom. The standard InChI is InChI=1S/C12H17N3O3/c1-9-5-6-13-12(11(9)15(16)17)14-8-10-4-2-3-7-18-10/h5-6,10H,2-4,7-8H2,1H3,(H,13,14). The van der Waals surface area contributed by atoms with Gasteiger partial charge in [0.15, 0.2) is 0 Å². The summed E-state index contributed by atoms with van der Waals surface area (Å²) in [4.78, 5) is 14.6. The van der Waals surface area contributed by atoms with Gasteiger partial charge in [-0.3, -0.25) is 10.1 Å². The highest BCUT2D eigenvalue weighted by Gasteiger charge is 2.20. The van der Waals surface area contributed by atoms with E-state index in [0.717, 1.165) is 25.9 Å². The van der Waals surface area contributed by atoms with Crippen LogP contribution in [-0.2, 0) is 4.74 Å². The molecule has 0 spiro atoms. The Labute approximate surface area is 106 Å². The minimum atomic E-state index is -0.396. The molecule has 6 heteroatoms. The Balaban J connectivity index is 2.04. The van der Waals surface area contributed by atoms with E-state index in [1.807, 2.05) is 0 Å². The minimum absolute atomic E-state index is 0.0494. The van der Waals surface area contributed by atoms with Crippen LogP contribution >= 0.6 is 0 Å². The second-order valence-electron chi connectivity index (χ2n) is 4.45. The number of pyridine rings is 1. The van der Waals surface area contributed by atoms with E-state index >= 15 is 0 Å². The van der Waals surface area contributed by atoms with Crippen molar-refractivity contribution in [2.75, 3.05) is 18.5 Å². The van der Waals surface area contributed by atoms with Crippen LogP contribution in [0.1, 0.15) is 24.8 Å². The van der Waals surface area contributed by atoms with Crippen molar-refractivity contribution in [3.8, 4) is 0 Å². The van der Waals surface area contributed by atoms with Gasteiger partial charge in [-0.05, 0) is 32.3 Å². The SMILES string of the molecule is Cc1ccnc(NCC2CCCCO2)c1[N+](=O)[O-]. The minimum Gasteiger partial charge on any atom is -0.376 e. The zero-order chi connectivity index (χ0) is 13.0. The van der Waals surface area contributed by atoms with Gasteiger partial charge in [0.25, 0.3) is 0 Å². The molecule has 0 saturated carbocycles. The molecule has 0 amide bonds. The summed E-state index contributed by atoms with van der Waals surface area (Å²) in [6.07, 6.45) is 4.94. The molecule has 6 nitrogen and oxygen atoms in total. The maximum Gasteiger partial charge on any atom is 0.314 e. The summed E-state index contributed by atoms with van der Waals surface area (Å²) < 4.78 is 5.57. The normalized spacial score (nSPS) is 19.5. The summed E-state index contributed by atoms with van der Waals surface area (Å²) in [5, 5.41) is 14.0. The van der Waals surface area contributed by atoms with Gasteiger partial charge in [0.05, 0.1) is 11.0 Å². The summed E-state index contributed by atoms with van der Waals surface area (Å²) in [5.41, 5.74) is 0.662. The number of aryl methyl sites for hydroxylation is 1. The summed E-state index contributed by atoms with van der Waals surface area (Å²) in [6.45, 7) is 3.05. The third-order valence-corrected chi connectivity index (χ3v) is 3.08. The number of ether oxygens (including phenoxy) is 1. The van der Waals surface area contributed by atoms with Crippen LogP contribution in [-0.4, -0.2) is 29.2 Å². The number of nitrogens with zero attached hydrogens (tertiary/aromatic N) is 2. The predicted molar refractivity (Wildman–Crippen MR) is 67.7 cm³/mol. The molecule has 1 N–H and O–H groups in total. The fourth-order valence-electron chi connectivity index (χ4n) is 2.09. The van der Waals surface area contributed by atoms with E-state index in [0.29, 0.717) is 17.9 Å². The van der Waals surface area contributed by atoms with Crippen LogP contribution in [0.5, 0.6) is 0 Å². The van der Waals surface area contributed by atoms with Gasteiger partial charge < -0.3 is 10.1 Å². The van der Waals surface area contributed by atoms with E-state index in [1.165, 1.54) is 0 Å². The highest BCUT2D eigenvalue weighted by atomic mass is 16.6. The van der Waals surface area contributed by atoms with Gasteiger partial charge in [0.2, 0.25) is 5.82 Å². The topological polar surface area (TPSA) is 77.3 Å². The third-order valence-electron chi connectivity index (χ3n) is 3.08. The van der Waals surface area contributed by atoms with Gasteiger partial charge in [-0.1, -0.05) is 0 Å². The van der Waals surface area contributed by atoms with Crippen molar-refractivity contribution in [1.82, 2.24) is 4.98 Å². The first kappa shape index (κ1) is 12.8. The molecule has 1 aliphatic rings. The van der Waals surface area contributed by atoms with Gasteiger partial charge in [0.1, 0.15) is 0 Å². The second kappa shape index (κ2) is 5.77. The molecule has 1 saturated heterocycles. The van der Waals surface area contributed by atoms with E-state index in [9.17, 15) is 10.1 Å². The molecule has 2 heterocycles. The van der Waals surface area contributed by atoms with E-state index in [-0.39, 0.29) is 11.8 Å². The number of hydrogen-bond acceptors (Lipinski definition) is 5. The van der Waals surface area contributed by atoms with Crippen molar-refractivity contribution in [2.45, 2.75) is 32.3 Å². The van der Waals surface area contributed by atoms with Gasteiger partial charge in [-0.25, -0.2) is 4.98 Å². The van der Waals surface area contributed by atoms with Crippen molar-refractivity contribution < 1.29 is 9.66 Å². The van der Waals surface area contributed by atoms with E-state index in [2.05, 4.69) is 10.3 Å². The molecule has 1 atom stereocenters. The number of nitrogens with one attached hydrogen (secondary N) is 1. The number of nitro groups is 1. The van der Waals surface area contributed by atoms with Crippen molar-refractivity contribution in [2.24, 2.45) is 0 Å². The lowest BCUT2D eigenvalue weighted by molar-refractivity contribution is -0.384. The lowest BCUT2D eigenvalue weighted by Crippen LogP contribution is -2.27. The predicted octanol–water partition coefficient (Wildman–Crippen LogP) is 2.28. The zero-order valence-corrected chi connectivity index (χ0v) is 10.4. The number of hydrogen-bond donors (Lipinski definition) is 1. The third kappa shape index (κ3) is 2.95. The second-order valence-corrected chi connectivity index (χ2v) is 4.45. The van der Waals surface area contributed by atoms with Crippen LogP contribution in [0.4, 0.5) is 11.5 Å². The van der Waals surface area contributed by atoms with Gasteiger partial charge >= 0.3 is 5.69 Å². The highest BCUT2D eigenvalue weighted by molar-refractivity contribution is 5.59. The monoisotopic (exact) mass is 251 g/mol. The number of rotatable bonds is 4. The lowest BCUT2D eigenvalue weighted by Gasteiger charge is -2.22. The van der Waals surface area contributed by atoms with Crippen LogP contribution in [0.2, 0.25) is 0 Å². The van der Waals surface area contributed by atoms with Crippen LogP contribution in [0.15, 0.2) is 12.3 Å². The fraction of sp³-hybridized carbons (Fsp3) is 0.583. The molecule has 2 rings (SSSR count). The Bertz CT molecular complexity index is 431. The first-order chi connectivity index (χ1) is 8.68. The van der Waals surface area contributed by atoms with Gasteiger partial charge in [-0.2, -0.15) is 0 Å². The quantitative estimate of drug-likeness (QED) is 0.656. The molecule has 1 aromatic heterocycles. The van der Waals surface area contributed by atoms with E-state index < -0.39 is 4.92 Å². The molecule has 98 valence electrons. The van der Waals surface area contributed by atoms with Crippen LogP contribution in [0, 0.1) is 17.0 Å². The highest BCUT2D eigenvalue weighted by Crippen LogP contribution is 2.25. The van der Waals surface area contributed by atoms with Crippen LogP contribution in [0.3, 0.4) is 0 Å². The maximum absolute atomic E-state index is 11.0. The molecule has 18 heavy (non-hydrogen) atoms. The summed E-state index contributed by atoms with van der Waals surface area (Å²) >= 11 is 0. The Hall–Kier alpha value is -1.69. The van der Waals surface area contributed by atoms with Crippen molar-refractivity contribution >= 4 is 11.5 Å². The largest absolute Gasteiger partial charge is 0.376 e. The van der Waals surface area contributed by atoms with Gasteiger partial charge in [-0.15, -0.1) is 0 Å². The molecule has 0 radical (unpaired) electrons. The first-order valence-electron chi connectivity index (χ1n) is 6.14. The smallest absolute Gasteiger partial charge is 0.314 e. The fourth-order valence-corrected chi connectivity index (χ4v) is 2.09. The Morgan fingerprint density at radius 2 is 2.44 bits per heavy atom. The lowest BCUT2D eigenvalue weighted by atomic mass is 10.1. The molecule has 1 fully saturated rings. The Kier molecular flexibility index (Phi) is 4.09. The number of anilines is 1. The molecular weight excluding hydrogens is 234 g/mol. The summed E-state index contributed by atoms with van der Waals surface area (Å²) in [6, 6.07) is 1.64. The first-order valence-corrected chi connectivity index (χ1v) is 6.14. The van der Waals surface area contributed by atoms with E-state index in [1.54, 1.807) is 19.2 Å². The summed E-state index contributed by atoms with van der Waals surface area (Å²) in [5.74, 6) is 0.328. The van der Waals surface area contributed by atoms with Crippen LogP contribution in [0.25, 0.3) is 0 Å².